The van der Waals surface area contributed by atoms with Crippen molar-refractivity contribution in [3.8, 4) is 11.8 Å². The number of para-hydroxylation sites is 1. The molecule has 0 unspecified atom stereocenters. The van der Waals surface area contributed by atoms with Crippen LogP contribution in [0.4, 0.5) is 5.69 Å². The van der Waals surface area contributed by atoms with Crippen molar-refractivity contribution in [2.24, 2.45) is 0 Å². The number of anilines is 1. The molecule has 152 valence electrons. The predicted octanol–water partition coefficient (Wildman–Crippen LogP) is 5.19. The Morgan fingerprint density at radius 2 is 1.73 bits per heavy atom. The van der Waals surface area contributed by atoms with Crippen LogP contribution in [-0.2, 0) is 16.6 Å². The highest BCUT2D eigenvalue weighted by atomic mass is 32.2. The molecule has 0 aliphatic carbocycles. The molecule has 1 N–H and O–H groups in total. The number of benzene rings is 3. The summed E-state index contributed by atoms with van der Waals surface area (Å²) in [4.78, 5) is -0.391. The second kappa shape index (κ2) is 9.29. The molecular weight excluding hydrogens is 396 g/mol. The first-order chi connectivity index (χ1) is 14.4. The minimum absolute atomic E-state index is 0.334. The molecule has 0 saturated carbocycles. The minimum Gasteiger partial charge on any atom is -0.488 e. The van der Waals surface area contributed by atoms with E-state index in [-0.39, 0.29) is 0 Å². The number of nitrogens with zero attached hydrogens (tertiary/aromatic N) is 1. The smallest absolute Gasteiger partial charge is 0.272 e. The van der Waals surface area contributed by atoms with Gasteiger partial charge in [0, 0.05) is 5.56 Å². The van der Waals surface area contributed by atoms with Crippen LogP contribution >= 0.6 is 0 Å². The maximum absolute atomic E-state index is 12.8. The van der Waals surface area contributed by atoms with Crippen LogP contribution in [0.3, 0.4) is 0 Å². The van der Waals surface area contributed by atoms with E-state index in [1.54, 1.807) is 36.4 Å². The Morgan fingerprint density at radius 1 is 1.03 bits per heavy atom. The fraction of sp³-hybridized carbons (Fsp3) is 0.125. The molecule has 0 saturated heterocycles. The summed E-state index contributed by atoms with van der Waals surface area (Å²) in [7, 11) is -4.05. The Labute approximate surface area is 177 Å². The van der Waals surface area contributed by atoms with Crippen LogP contribution in [0, 0.1) is 25.2 Å². The highest BCUT2D eigenvalue weighted by molar-refractivity contribution is 7.97. The Morgan fingerprint density at radius 3 is 2.43 bits per heavy atom. The van der Waals surface area contributed by atoms with Gasteiger partial charge in [0.25, 0.3) is 10.0 Å². The number of hydrogen-bond acceptors (Lipinski definition) is 4. The molecule has 3 rings (SSSR count). The van der Waals surface area contributed by atoms with Crippen LogP contribution in [0.2, 0.25) is 0 Å². The number of ether oxygens (including phenoxy) is 1. The zero-order chi connectivity index (χ0) is 21.6. The van der Waals surface area contributed by atoms with Crippen LogP contribution < -0.4 is 9.46 Å². The van der Waals surface area contributed by atoms with E-state index < -0.39 is 14.9 Å². The van der Waals surface area contributed by atoms with Crippen molar-refractivity contribution in [1.82, 2.24) is 0 Å². The lowest BCUT2D eigenvalue weighted by atomic mass is 10.1. The first kappa shape index (κ1) is 21.2. The summed E-state index contributed by atoms with van der Waals surface area (Å²) in [5.41, 5.74) is 3.74. The average molecular weight is 419 g/mol. The van der Waals surface area contributed by atoms with Gasteiger partial charge in [-0.2, -0.15) is 5.26 Å². The third-order valence-electron chi connectivity index (χ3n) is 4.47. The highest BCUT2D eigenvalue weighted by Gasteiger charge is 2.19. The number of hydrogen-bond donors (Lipinski definition) is 1. The molecular formula is C24H22N2O3S. The van der Waals surface area contributed by atoms with Gasteiger partial charge in [-0.15, -0.1) is 0 Å². The first-order valence-corrected chi connectivity index (χ1v) is 10.8. The molecule has 0 aliphatic rings. The minimum atomic E-state index is -4.05. The Bertz CT molecular complexity index is 1210. The summed E-state index contributed by atoms with van der Waals surface area (Å²) in [5.74, 6) is 0.496. The highest BCUT2D eigenvalue weighted by Crippen LogP contribution is 2.25. The topological polar surface area (TPSA) is 79.2 Å². The lowest BCUT2D eigenvalue weighted by Crippen LogP contribution is -2.15. The van der Waals surface area contributed by atoms with Crippen LogP contribution in [0.25, 0.3) is 6.08 Å². The molecule has 0 atom stereocenters. The molecule has 0 spiro atoms. The molecule has 0 amide bonds. The maximum atomic E-state index is 12.8. The third kappa shape index (κ3) is 5.28. The Balaban J connectivity index is 1.87. The van der Waals surface area contributed by atoms with E-state index in [4.69, 9.17) is 4.74 Å². The second-order valence-corrected chi connectivity index (χ2v) is 8.51. The van der Waals surface area contributed by atoms with Crippen molar-refractivity contribution in [1.29, 1.82) is 5.26 Å². The molecule has 30 heavy (non-hydrogen) atoms. The van der Waals surface area contributed by atoms with Gasteiger partial charge in [0.05, 0.1) is 5.69 Å². The monoisotopic (exact) mass is 418 g/mol. The zero-order valence-electron chi connectivity index (χ0n) is 16.8. The van der Waals surface area contributed by atoms with Gasteiger partial charge in [0.1, 0.15) is 18.4 Å². The fourth-order valence-electron chi connectivity index (χ4n) is 2.91. The first-order valence-electron chi connectivity index (χ1n) is 9.36. The summed E-state index contributed by atoms with van der Waals surface area (Å²) in [6.45, 7) is 4.08. The average Bonchev–Trinajstić information content (AvgIpc) is 2.73. The van der Waals surface area contributed by atoms with Crippen molar-refractivity contribution in [2.45, 2.75) is 20.5 Å². The SMILES string of the molecule is Cc1ccc(NS(=O)(=O)C(C#N)=Cc2ccccc2OCc2ccccc2)c(C)c1. The van der Waals surface area contributed by atoms with Crippen molar-refractivity contribution in [2.75, 3.05) is 4.72 Å². The normalized spacial score (nSPS) is 11.6. The van der Waals surface area contributed by atoms with Crippen molar-refractivity contribution in [3.63, 3.8) is 0 Å². The Hall–Kier alpha value is -3.56. The van der Waals surface area contributed by atoms with Crippen molar-refractivity contribution in [3.05, 3.63) is 100.0 Å². The quantitative estimate of drug-likeness (QED) is 0.536. The van der Waals surface area contributed by atoms with Crippen molar-refractivity contribution < 1.29 is 13.2 Å². The van der Waals surface area contributed by atoms with Gasteiger partial charge in [-0.3, -0.25) is 4.72 Å². The van der Waals surface area contributed by atoms with Crippen LogP contribution in [0.1, 0.15) is 22.3 Å². The number of sulfonamides is 1. The van der Waals surface area contributed by atoms with Crippen LogP contribution in [0.5, 0.6) is 5.75 Å². The van der Waals surface area contributed by atoms with Crippen LogP contribution in [-0.4, -0.2) is 8.42 Å². The number of rotatable bonds is 7. The summed E-state index contributed by atoms with van der Waals surface area (Å²) >= 11 is 0. The van der Waals surface area contributed by atoms with Crippen LogP contribution in [0.15, 0.2) is 77.7 Å². The number of allylic oxidation sites excluding steroid dienone is 1. The number of aryl methyl sites for hydroxylation is 2. The molecule has 0 heterocycles. The summed E-state index contributed by atoms with van der Waals surface area (Å²) in [5, 5.41) is 9.53. The largest absolute Gasteiger partial charge is 0.488 e. The van der Waals surface area contributed by atoms with Gasteiger partial charge in [0.2, 0.25) is 0 Å². The van der Waals surface area contributed by atoms with E-state index in [2.05, 4.69) is 4.72 Å². The zero-order valence-corrected chi connectivity index (χ0v) is 17.6. The standard InChI is InChI=1S/C24H22N2O3S/c1-18-12-13-23(19(2)14-18)26-30(27,28)22(16-25)15-21-10-6-7-11-24(21)29-17-20-8-4-3-5-9-20/h3-15,26H,17H2,1-2H3. The molecule has 0 bridgehead atoms. The molecule has 3 aromatic carbocycles. The van der Waals surface area contributed by atoms with Gasteiger partial charge in [-0.1, -0.05) is 66.2 Å². The summed E-state index contributed by atoms with van der Waals surface area (Å²) < 4.78 is 34.0. The molecule has 0 aliphatic heterocycles. The van der Waals surface area contributed by atoms with Gasteiger partial charge >= 0.3 is 0 Å². The van der Waals surface area contributed by atoms with E-state index in [0.29, 0.717) is 23.6 Å². The maximum Gasteiger partial charge on any atom is 0.272 e. The van der Waals surface area contributed by atoms with Gasteiger partial charge in [-0.05, 0) is 43.2 Å². The van der Waals surface area contributed by atoms with E-state index >= 15 is 0 Å². The molecule has 5 nitrogen and oxygen atoms in total. The van der Waals surface area contributed by atoms with Crippen molar-refractivity contribution >= 4 is 21.8 Å². The summed E-state index contributed by atoms with van der Waals surface area (Å²) in [6.07, 6.45) is 1.33. The lowest BCUT2D eigenvalue weighted by Gasteiger charge is -2.12. The third-order valence-corrected chi connectivity index (χ3v) is 5.75. The number of nitriles is 1. The molecule has 3 aromatic rings. The molecule has 0 aromatic heterocycles. The van der Waals surface area contributed by atoms with E-state index in [1.165, 1.54) is 6.08 Å². The summed E-state index contributed by atoms with van der Waals surface area (Å²) in [6, 6.07) is 23.8. The number of nitrogens with one attached hydrogen (secondary N) is 1. The van der Waals surface area contributed by atoms with Gasteiger partial charge in [-0.25, -0.2) is 8.42 Å². The van der Waals surface area contributed by atoms with E-state index in [1.807, 2.05) is 56.3 Å². The van der Waals surface area contributed by atoms with E-state index in [9.17, 15) is 13.7 Å². The van der Waals surface area contributed by atoms with Gasteiger partial charge in [0.15, 0.2) is 4.91 Å². The fourth-order valence-corrected chi connectivity index (χ4v) is 3.94. The van der Waals surface area contributed by atoms with E-state index in [0.717, 1.165) is 16.7 Å². The molecule has 6 heteroatoms. The lowest BCUT2D eigenvalue weighted by molar-refractivity contribution is 0.305. The van der Waals surface area contributed by atoms with Gasteiger partial charge < -0.3 is 4.74 Å². The predicted molar refractivity (Wildman–Crippen MR) is 119 cm³/mol. The molecule has 0 radical (unpaired) electrons. The molecule has 0 fully saturated rings. The Kier molecular flexibility index (Phi) is 6.55. The second-order valence-electron chi connectivity index (χ2n) is 6.86.